The summed E-state index contributed by atoms with van der Waals surface area (Å²) in [5.41, 5.74) is 1.74. The summed E-state index contributed by atoms with van der Waals surface area (Å²) >= 11 is 0. The average Bonchev–Trinajstić information content (AvgIpc) is 2.38. The topological polar surface area (TPSA) is 41.1 Å². The van der Waals surface area contributed by atoms with Gasteiger partial charge in [-0.25, -0.2) is 0 Å². The number of benzene rings is 1. The predicted molar refractivity (Wildman–Crippen MR) is 77.0 cm³/mol. The van der Waals surface area contributed by atoms with E-state index in [1.165, 1.54) is 12.8 Å². The first-order chi connectivity index (χ1) is 8.63. The van der Waals surface area contributed by atoms with Crippen LogP contribution in [0, 0.1) is 5.92 Å². The number of anilines is 1. The number of unbranched alkanes of at least 4 members (excludes halogenated alkanes) is 1. The molecule has 0 aliphatic rings. The summed E-state index contributed by atoms with van der Waals surface area (Å²) in [7, 11) is 1.86. The van der Waals surface area contributed by atoms with Gasteiger partial charge in [0.1, 0.15) is 0 Å². The average molecular weight is 248 g/mol. The van der Waals surface area contributed by atoms with Crippen molar-refractivity contribution in [3.63, 3.8) is 0 Å². The molecule has 0 spiro atoms. The lowest BCUT2D eigenvalue weighted by molar-refractivity contribution is 0.0953. The van der Waals surface area contributed by atoms with Gasteiger partial charge in [0.25, 0.3) is 5.91 Å². The van der Waals surface area contributed by atoms with Crippen molar-refractivity contribution in [3.05, 3.63) is 29.8 Å². The minimum Gasteiger partial charge on any atom is -0.388 e. The number of amides is 1. The monoisotopic (exact) mass is 248 g/mol. The van der Waals surface area contributed by atoms with Crippen molar-refractivity contribution in [2.75, 3.05) is 18.9 Å². The van der Waals surface area contributed by atoms with E-state index in [2.05, 4.69) is 24.5 Å². The lowest BCUT2D eigenvalue weighted by atomic mass is 10.1. The summed E-state index contributed by atoms with van der Waals surface area (Å²) in [5, 5.41) is 5.98. The Hall–Kier alpha value is -1.51. The molecule has 0 aliphatic carbocycles. The quantitative estimate of drug-likeness (QED) is 0.727. The first kappa shape index (κ1) is 14.6. The molecule has 100 valence electrons. The highest BCUT2D eigenvalue weighted by molar-refractivity contribution is 5.94. The van der Waals surface area contributed by atoms with Gasteiger partial charge in [-0.15, -0.1) is 0 Å². The fourth-order valence-electron chi connectivity index (χ4n) is 1.77. The zero-order chi connectivity index (χ0) is 13.4. The lowest BCUT2D eigenvalue weighted by Crippen LogP contribution is -2.24. The Morgan fingerprint density at radius 1 is 1.17 bits per heavy atom. The predicted octanol–water partition coefficient (Wildman–Crippen LogP) is 3.28. The third-order valence-corrected chi connectivity index (χ3v) is 2.93. The largest absolute Gasteiger partial charge is 0.388 e. The molecule has 18 heavy (non-hydrogen) atoms. The number of rotatable bonds is 7. The first-order valence-corrected chi connectivity index (χ1v) is 6.69. The number of carbonyl (C=O) groups excluding carboxylic acids is 1. The Morgan fingerprint density at radius 3 is 2.39 bits per heavy atom. The van der Waals surface area contributed by atoms with Gasteiger partial charge in [0.15, 0.2) is 0 Å². The molecule has 2 N–H and O–H groups in total. The highest BCUT2D eigenvalue weighted by Gasteiger charge is 2.04. The van der Waals surface area contributed by atoms with Gasteiger partial charge >= 0.3 is 0 Å². The molecule has 0 aromatic heterocycles. The molecule has 1 aromatic rings. The van der Waals surface area contributed by atoms with Crippen LogP contribution in [0.4, 0.5) is 5.69 Å². The molecule has 0 heterocycles. The molecule has 1 amide bonds. The zero-order valence-corrected chi connectivity index (χ0v) is 11.6. The third-order valence-electron chi connectivity index (χ3n) is 2.93. The molecule has 0 fully saturated rings. The van der Waals surface area contributed by atoms with Crippen LogP contribution in [0.15, 0.2) is 24.3 Å². The van der Waals surface area contributed by atoms with Crippen LogP contribution in [-0.2, 0) is 0 Å². The van der Waals surface area contributed by atoms with Crippen molar-refractivity contribution in [1.29, 1.82) is 0 Å². The zero-order valence-electron chi connectivity index (χ0n) is 11.6. The molecule has 0 saturated carbocycles. The molecule has 0 bridgehead atoms. The van der Waals surface area contributed by atoms with E-state index in [4.69, 9.17) is 0 Å². The summed E-state index contributed by atoms with van der Waals surface area (Å²) in [6, 6.07) is 7.51. The molecule has 1 rings (SSSR count). The van der Waals surface area contributed by atoms with E-state index in [0.717, 1.165) is 30.1 Å². The van der Waals surface area contributed by atoms with Crippen LogP contribution < -0.4 is 10.6 Å². The summed E-state index contributed by atoms with van der Waals surface area (Å²) in [6.07, 6.45) is 3.46. The van der Waals surface area contributed by atoms with E-state index in [0.29, 0.717) is 0 Å². The molecular formula is C15H24N2O. The van der Waals surface area contributed by atoms with E-state index in [1.807, 2.05) is 31.3 Å². The highest BCUT2D eigenvalue weighted by atomic mass is 16.1. The van der Waals surface area contributed by atoms with Crippen LogP contribution in [0.3, 0.4) is 0 Å². The van der Waals surface area contributed by atoms with Crippen LogP contribution in [-0.4, -0.2) is 19.5 Å². The van der Waals surface area contributed by atoms with Crippen molar-refractivity contribution in [2.24, 2.45) is 5.92 Å². The molecule has 0 radical (unpaired) electrons. The first-order valence-electron chi connectivity index (χ1n) is 6.69. The van der Waals surface area contributed by atoms with Crippen molar-refractivity contribution >= 4 is 11.6 Å². The molecule has 0 unspecified atom stereocenters. The highest BCUT2D eigenvalue weighted by Crippen LogP contribution is 2.09. The smallest absolute Gasteiger partial charge is 0.251 e. The molecular weight excluding hydrogens is 224 g/mol. The maximum atomic E-state index is 11.8. The second-order valence-electron chi connectivity index (χ2n) is 4.97. The molecule has 3 heteroatoms. The third kappa shape index (κ3) is 5.21. The summed E-state index contributed by atoms with van der Waals surface area (Å²) in [6.45, 7) is 5.21. The van der Waals surface area contributed by atoms with E-state index in [1.54, 1.807) is 0 Å². The van der Waals surface area contributed by atoms with Gasteiger partial charge in [-0.3, -0.25) is 4.79 Å². The fraction of sp³-hybridized carbons (Fsp3) is 0.533. The van der Waals surface area contributed by atoms with Crippen molar-refractivity contribution in [3.8, 4) is 0 Å². The van der Waals surface area contributed by atoms with E-state index >= 15 is 0 Å². The summed E-state index contributed by atoms with van der Waals surface area (Å²) in [5.74, 6) is 0.761. The van der Waals surface area contributed by atoms with Crippen molar-refractivity contribution in [1.82, 2.24) is 5.32 Å². The number of carbonyl (C=O) groups is 1. The molecule has 0 aliphatic heterocycles. The number of hydrogen-bond donors (Lipinski definition) is 2. The van der Waals surface area contributed by atoms with Gasteiger partial charge in [0, 0.05) is 24.8 Å². The van der Waals surface area contributed by atoms with Gasteiger partial charge in [-0.2, -0.15) is 0 Å². The minimum absolute atomic E-state index is 0.0159. The standard InChI is InChI=1S/C15H24N2O/c1-12(2)6-4-5-11-17-15(18)13-7-9-14(16-3)10-8-13/h7-10,12,16H,4-6,11H2,1-3H3,(H,17,18). The SMILES string of the molecule is CNc1ccc(C(=O)NCCCCC(C)C)cc1. The van der Waals surface area contributed by atoms with Crippen molar-refractivity contribution < 1.29 is 4.79 Å². The van der Waals surface area contributed by atoms with Gasteiger partial charge in [-0.05, 0) is 36.6 Å². The van der Waals surface area contributed by atoms with Crippen LogP contribution in [0.25, 0.3) is 0 Å². The van der Waals surface area contributed by atoms with Gasteiger partial charge in [-0.1, -0.05) is 26.7 Å². The van der Waals surface area contributed by atoms with E-state index in [9.17, 15) is 4.79 Å². The molecule has 0 saturated heterocycles. The van der Waals surface area contributed by atoms with Gasteiger partial charge < -0.3 is 10.6 Å². The number of hydrogen-bond acceptors (Lipinski definition) is 2. The second kappa shape index (κ2) is 7.75. The lowest BCUT2D eigenvalue weighted by Gasteiger charge is -2.07. The van der Waals surface area contributed by atoms with Crippen LogP contribution >= 0.6 is 0 Å². The van der Waals surface area contributed by atoms with Gasteiger partial charge in [0.05, 0.1) is 0 Å². The maximum absolute atomic E-state index is 11.8. The maximum Gasteiger partial charge on any atom is 0.251 e. The second-order valence-corrected chi connectivity index (χ2v) is 4.97. The molecule has 3 nitrogen and oxygen atoms in total. The minimum atomic E-state index is 0.0159. The normalized spacial score (nSPS) is 10.4. The van der Waals surface area contributed by atoms with Gasteiger partial charge in [0.2, 0.25) is 0 Å². The fourth-order valence-corrected chi connectivity index (χ4v) is 1.77. The van der Waals surface area contributed by atoms with Crippen LogP contribution in [0.1, 0.15) is 43.5 Å². The Kier molecular flexibility index (Phi) is 6.26. The summed E-state index contributed by atoms with van der Waals surface area (Å²) < 4.78 is 0. The molecule has 0 atom stereocenters. The number of nitrogens with one attached hydrogen (secondary N) is 2. The Morgan fingerprint density at radius 2 is 1.83 bits per heavy atom. The molecule has 1 aromatic carbocycles. The van der Waals surface area contributed by atoms with E-state index in [-0.39, 0.29) is 5.91 Å². The Labute approximate surface area is 110 Å². The van der Waals surface area contributed by atoms with Crippen LogP contribution in [0.5, 0.6) is 0 Å². The van der Waals surface area contributed by atoms with Crippen molar-refractivity contribution in [2.45, 2.75) is 33.1 Å². The summed E-state index contributed by atoms with van der Waals surface area (Å²) in [4.78, 5) is 11.8. The Balaban J connectivity index is 2.27. The Bertz CT molecular complexity index is 357. The van der Waals surface area contributed by atoms with E-state index < -0.39 is 0 Å². The van der Waals surface area contributed by atoms with Crippen LogP contribution in [0.2, 0.25) is 0 Å².